The fraction of sp³-hybridized carbons (Fsp3) is 0.261. The van der Waals surface area contributed by atoms with Gasteiger partial charge in [0.1, 0.15) is 23.1 Å². The number of halogens is 3. The normalized spacial score (nSPS) is 19.7. The van der Waals surface area contributed by atoms with E-state index in [1.807, 2.05) is 18.2 Å². The van der Waals surface area contributed by atoms with Gasteiger partial charge in [0.15, 0.2) is 0 Å². The van der Waals surface area contributed by atoms with Crippen LogP contribution in [0.2, 0.25) is 0 Å². The lowest BCUT2D eigenvalue weighted by Crippen LogP contribution is -2.39. The molecule has 2 atom stereocenters. The number of rotatable bonds is 4. The summed E-state index contributed by atoms with van der Waals surface area (Å²) in [5, 5.41) is 2.81. The lowest BCUT2D eigenvalue weighted by atomic mass is 9.91. The van der Waals surface area contributed by atoms with E-state index in [2.05, 4.69) is 17.2 Å². The topological polar surface area (TPSA) is 67.8 Å². The number of nitrogens with zero attached hydrogens (tertiary/aromatic N) is 1. The van der Waals surface area contributed by atoms with Gasteiger partial charge < -0.3 is 10.1 Å². The molecule has 2 aromatic carbocycles. The van der Waals surface area contributed by atoms with Gasteiger partial charge in [0, 0.05) is 11.1 Å². The highest BCUT2D eigenvalue weighted by molar-refractivity contribution is 6.14. The fourth-order valence-corrected chi connectivity index (χ4v) is 3.70. The largest absolute Gasteiger partial charge is 0.457 e. The van der Waals surface area contributed by atoms with Crippen molar-refractivity contribution in [2.24, 2.45) is 10.9 Å². The molecule has 2 aliphatic rings. The number of amides is 2. The van der Waals surface area contributed by atoms with Crippen molar-refractivity contribution >= 4 is 17.5 Å². The Kier molecular flexibility index (Phi) is 5.39. The molecule has 1 N–H and O–H groups in total. The number of ether oxygens (including phenoxy) is 1. The van der Waals surface area contributed by atoms with Gasteiger partial charge in [-0.2, -0.15) is 13.2 Å². The van der Waals surface area contributed by atoms with Crippen LogP contribution >= 0.6 is 0 Å². The molecule has 8 heteroatoms. The summed E-state index contributed by atoms with van der Waals surface area (Å²) in [6.45, 7) is 2.06. The molecular formula is C23H19F3N2O3. The summed E-state index contributed by atoms with van der Waals surface area (Å²) >= 11 is 0. The minimum atomic E-state index is -4.75. The number of hydrogen-bond acceptors (Lipinski definition) is 3. The van der Waals surface area contributed by atoms with Crippen molar-refractivity contribution < 1.29 is 27.5 Å². The average Bonchev–Trinajstić information content (AvgIpc) is 2.73. The van der Waals surface area contributed by atoms with Gasteiger partial charge in [-0.05, 0) is 36.3 Å². The molecule has 2 aliphatic heterocycles. The third kappa shape index (κ3) is 4.10. The van der Waals surface area contributed by atoms with Gasteiger partial charge in [0.05, 0.1) is 6.04 Å². The van der Waals surface area contributed by atoms with Crippen LogP contribution in [0.5, 0.6) is 11.5 Å². The van der Waals surface area contributed by atoms with Crippen LogP contribution in [0.1, 0.15) is 36.1 Å². The molecule has 2 unspecified atom stereocenters. The average molecular weight is 428 g/mol. The highest BCUT2D eigenvalue weighted by Crippen LogP contribution is 2.43. The van der Waals surface area contributed by atoms with E-state index in [1.165, 1.54) is 0 Å². The number of alkyl halides is 3. The first-order chi connectivity index (χ1) is 14.8. The SMILES string of the molecule is CCCc1ccc2c(c1)C(NC(=O)C1C=CC(C(F)(F)F)=NC1=O)c1ccccc1O2. The number of para-hydroxylation sites is 1. The second-order valence-electron chi connectivity index (χ2n) is 7.37. The number of allylic oxidation sites excluding steroid dienone is 1. The van der Waals surface area contributed by atoms with Crippen molar-refractivity contribution in [2.45, 2.75) is 32.0 Å². The van der Waals surface area contributed by atoms with E-state index < -0.39 is 35.7 Å². The van der Waals surface area contributed by atoms with Gasteiger partial charge >= 0.3 is 6.18 Å². The van der Waals surface area contributed by atoms with Gasteiger partial charge in [-0.25, -0.2) is 4.99 Å². The summed E-state index contributed by atoms with van der Waals surface area (Å²) < 4.78 is 44.4. The number of aliphatic imine (C=N–C) groups is 1. The minimum Gasteiger partial charge on any atom is -0.457 e. The number of benzene rings is 2. The van der Waals surface area contributed by atoms with Crippen LogP contribution in [0.15, 0.2) is 59.6 Å². The van der Waals surface area contributed by atoms with Gasteiger partial charge in [0.25, 0.3) is 5.91 Å². The number of carbonyl (C=O) groups excluding carboxylic acids is 2. The Morgan fingerprint density at radius 1 is 1.13 bits per heavy atom. The van der Waals surface area contributed by atoms with Gasteiger partial charge in [0.2, 0.25) is 5.91 Å². The Morgan fingerprint density at radius 3 is 2.58 bits per heavy atom. The molecule has 0 spiro atoms. The van der Waals surface area contributed by atoms with Crippen molar-refractivity contribution in [3.63, 3.8) is 0 Å². The summed E-state index contributed by atoms with van der Waals surface area (Å²) in [5.41, 5.74) is 1.18. The van der Waals surface area contributed by atoms with Crippen molar-refractivity contribution in [1.82, 2.24) is 5.32 Å². The van der Waals surface area contributed by atoms with Gasteiger partial charge in [-0.3, -0.25) is 9.59 Å². The lowest BCUT2D eigenvalue weighted by Gasteiger charge is -2.30. The number of fused-ring (bicyclic) bond motifs is 2. The first-order valence-corrected chi connectivity index (χ1v) is 9.86. The van der Waals surface area contributed by atoms with Crippen molar-refractivity contribution in [1.29, 1.82) is 0 Å². The second kappa shape index (κ2) is 8.02. The second-order valence-corrected chi connectivity index (χ2v) is 7.37. The molecule has 0 radical (unpaired) electrons. The molecule has 4 rings (SSSR count). The van der Waals surface area contributed by atoms with E-state index in [0.29, 0.717) is 23.1 Å². The predicted octanol–water partition coefficient (Wildman–Crippen LogP) is 4.67. The highest BCUT2D eigenvalue weighted by Gasteiger charge is 2.39. The van der Waals surface area contributed by atoms with Crippen LogP contribution in [-0.4, -0.2) is 23.7 Å². The molecule has 0 aliphatic carbocycles. The standard InChI is InChI=1S/C23H19F3N2O3/c1-2-5-13-8-10-18-16(12-13)20(14-6-3-4-7-17(14)31-18)28-22(30)15-9-11-19(23(24,25)26)27-21(15)29/h3-4,6-12,15,20H,2,5H2,1H3,(H,28,30). The lowest BCUT2D eigenvalue weighted by molar-refractivity contribution is -0.132. The Hall–Kier alpha value is -3.42. The van der Waals surface area contributed by atoms with E-state index in [-0.39, 0.29) is 0 Å². The number of hydrogen-bond donors (Lipinski definition) is 1. The van der Waals surface area contributed by atoms with E-state index in [0.717, 1.165) is 30.0 Å². The molecule has 0 fully saturated rings. The molecule has 2 amide bonds. The van der Waals surface area contributed by atoms with Crippen molar-refractivity contribution in [2.75, 3.05) is 0 Å². The smallest absolute Gasteiger partial charge is 0.433 e. The first-order valence-electron chi connectivity index (χ1n) is 9.86. The molecule has 0 saturated carbocycles. The van der Waals surface area contributed by atoms with Crippen LogP contribution in [0.4, 0.5) is 13.2 Å². The van der Waals surface area contributed by atoms with Crippen molar-refractivity contribution in [3.05, 3.63) is 71.3 Å². The Morgan fingerprint density at radius 2 is 1.87 bits per heavy atom. The Labute approximate surface area is 176 Å². The maximum atomic E-state index is 12.9. The monoisotopic (exact) mass is 428 g/mol. The summed E-state index contributed by atoms with van der Waals surface area (Å²) in [6.07, 6.45) is -1.37. The predicted molar refractivity (Wildman–Crippen MR) is 108 cm³/mol. The quantitative estimate of drug-likeness (QED) is 0.720. The molecule has 31 heavy (non-hydrogen) atoms. The summed E-state index contributed by atoms with van der Waals surface area (Å²) in [6, 6.07) is 12.3. The molecule has 2 heterocycles. The zero-order valence-corrected chi connectivity index (χ0v) is 16.6. The molecule has 0 aromatic heterocycles. The summed E-state index contributed by atoms with van der Waals surface area (Å²) in [4.78, 5) is 28.1. The molecule has 2 aromatic rings. The molecular weight excluding hydrogens is 409 g/mol. The van der Waals surface area contributed by atoms with E-state index in [4.69, 9.17) is 4.74 Å². The zero-order chi connectivity index (χ0) is 22.2. The van der Waals surface area contributed by atoms with Crippen LogP contribution in [0.3, 0.4) is 0 Å². The van der Waals surface area contributed by atoms with Crippen LogP contribution in [0, 0.1) is 5.92 Å². The third-order valence-corrected chi connectivity index (χ3v) is 5.18. The number of nitrogens with one attached hydrogen (secondary N) is 1. The highest BCUT2D eigenvalue weighted by atomic mass is 19.4. The molecule has 5 nitrogen and oxygen atoms in total. The van der Waals surface area contributed by atoms with Gasteiger partial charge in [-0.1, -0.05) is 43.7 Å². The minimum absolute atomic E-state index is 0.562. The van der Waals surface area contributed by atoms with Crippen LogP contribution < -0.4 is 10.1 Å². The summed E-state index contributed by atoms with van der Waals surface area (Å²) in [5.74, 6) is -2.16. The zero-order valence-electron chi connectivity index (χ0n) is 16.6. The maximum absolute atomic E-state index is 12.9. The number of dihydropyridines is 1. The Bertz CT molecular complexity index is 1110. The summed E-state index contributed by atoms with van der Waals surface area (Å²) in [7, 11) is 0. The fourth-order valence-electron chi connectivity index (χ4n) is 3.70. The van der Waals surface area contributed by atoms with E-state index in [9.17, 15) is 22.8 Å². The molecule has 0 bridgehead atoms. The Balaban J connectivity index is 1.65. The molecule has 160 valence electrons. The van der Waals surface area contributed by atoms with Crippen LogP contribution in [-0.2, 0) is 16.0 Å². The number of carbonyl (C=O) groups is 2. The maximum Gasteiger partial charge on any atom is 0.433 e. The molecule has 0 saturated heterocycles. The van der Waals surface area contributed by atoms with E-state index >= 15 is 0 Å². The van der Waals surface area contributed by atoms with E-state index in [1.54, 1.807) is 24.3 Å². The van der Waals surface area contributed by atoms with Crippen LogP contribution in [0.25, 0.3) is 0 Å². The van der Waals surface area contributed by atoms with Crippen molar-refractivity contribution in [3.8, 4) is 11.5 Å². The van der Waals surface area contributed by atoms with Gasteiger partial charge in [-0.15, -0.1) is 0 Å². The third-order valence-electron chi connectivity index (χ3n) is 5.18. The first kappa shape index (κ1) is 20.8. The number of aryl methyl sites for hydroxylation is 1.